The zero-order valence-corrected chi connectivity index (χ0v) is 9.54. The van der Waals surface area contributed by atoms with Gasteiger partial charge in [0.2, 0.25) is 0 Å². The van der Waals surface area contributed by atoms with Gasteiger partial charge in [0.25, 0.3) is 0 Å². The maximum absolute atomic E-state index is 8.77. The van der Waals surface area contributed by atoms with E-state index in [2.05, 4.69) is 10.4 Å². The fourth-order valence-electron chi connectivity index (χ4n) is 1.75. The molecule has 0 spiro atoms. The highest BCUT2D eigenvalue weighted by Crippen LogP contribution is 2.20. The van der Waals surface area contributed by atoms with Crippen molar-refractivity contribution in [2.75, 3.05) is 23.4 Å². The highest BCUT2D eigenvalue weighted by Gasteiger charge is 2.13. The van der Waals surface area contributed by atoms with Gasteiger partial charge in [-0.25, -0.2) is 0 Å². The zero-order chi connectivity index (χ0) is 10.5. The smallest absolute Gasteiger partial charge is 0.0728 e. The number of aliphatic hydroxyl groups excluding tert-OH is 1. The number of aliphatic hydroxyl groups is 1. The Hall–Kier alpha value is -0.680. The maximum Gasteiger partial charge on any atom is 0.0728 e. The van der Waals surface area contributed by atoms with Crippen LogP contribution in [0.5, 0.6) is 0 Å². The predicted octanol–water partition coefficient (Wildman–Crippen LogP) is 1.18. The molecule has 84 valence electrons. The van der Waals surface area contributed by atoms with Gasteiger partial charge in [-0.15, -0.1) is 0 Å². The minimum Gasteiger partial charge on any atom is -0.394 e. The van der Waals surface area contributed by atoms with Gasteiger partial charge in [0.15, 0.2) is 0 Å². The Balaban J connectivity index is 1.86. The molecule has 0 radical (unpaired) electrons. The molecule has 0 aliphatic carbocycles. The van der Waals surface area contributed by atoms with Gasteiger partial charge in [0, 0.05) is 18.0 Å². The average Bonchev–Trinajstić information content (AvgIpc) is 2.68. The van der Waals surface area contributed by atoms with Crippen LogP contribution >= 0.6 is 11.8 Å². The first-order chi connectivity index (χ1) is 7.38. The van der Waals surface area contributed by atoms with Crippen molar-refractivity contribution in [2.45, 2.75) is 25.4 Å². The van der Waals surface area contributed by atoms with Crippen LogP contribution in [0.2, 0.25) is 0 Å². The zero-order valence-electron chi connectivity index (χ0n) is 8.72. The molecule has 1 saturated heterocycles. The lowest BCUT2D eigenvalue weighted by molar-refractivity contribution is 0.269. The fraction of sp³-hybridized carbons (Fsp3) is 0.700. The quantitative estimate of drug-likeness (QED) is 0.811. The standard InChI is InChI=1S/C10H17N3OS/c14-4-3-13-7-10(6-11-13)12-9-2-1-5-15-8-9/h6-7,9,12,14H,1-5,8H2. The molecule has 1 aliphatic heterocycles. The van der Waals surface area contributed by atoms with Crippen LogP contribution in [0.4, 0.5) is 5.69 Å². The van der Waals surface area contributed by atoms with E-state index in [9.17, 15) is 0 Å². The van der Waals surface area contributed by atoms with Crippen LogP contribution in [0.15, 0.2) is 12.4 Å². The van der Waals surface area contributed by atoms with Crippen molar-refractivity contribution in [2.24, 2.45) is 0 Å². The molecule has 15 heavy (non-hydrogen) atoms. The van der Waals surface area contributed by atoms with Crippen molar-refractivity contribution in [3.8, 4) is 0 Å². The SMILES string of the molecule is OCCn1cc(NC2CCCSC2)cn1. The summed E-state index contributed by atoms with van der Waals surface area (Å²) in [6.07, 6.45) is 6.33. The van der Waals surface area contributed by atoms with Crippen LogP contribution in [0.3, 0.4) is 0 Å². The molecule has 5 heteroatoms. The van der Waals surface area contributed by atoms with E-state index in [1.54, 1.807) is 4.68 Å². The second-order valence-corrected chi connectivity index (χ2v) is 4.92. The van der Waals surface area contributed by atoms with Gasteiger partial charge < -0.3 is 10.4 Å². The molecule has 0 amide bonds. The first-order valence-electron chi connectivity index (χ1n) is 5.36. The first-order valence-corrected chi connectivity index (χ1v) is 6.51. The molecule has 1 aliphatic rings. The number of hydrogen-bond acceptors (Lipinski definition) is 4. The number of anilines is 1. The number of nitrogens with zero attached hydrogens (tertiary/aromatic N) is 2. The Morgan fingerprint density at radius 2 is 2.60 bits per heavy atom. The first kappa shape index (κ1) is 10.8. The summed E-state index contributed by atoms with van der Waals surface area (Å²) < 4.78 is 1.76. The van der Waals surface area contributed by atoms with Crippen molar-refractivity contribution >= 4 is 17.4 Å². The summed E-state index contributed by atoms with van der Waals surface area (Å²) in [5.74, 6) is 2.48. The monoisotopic (exact) mass is 227 g/mol. The van der Waals surface area contributed by atoms with Crippen molar-refractivity contribution in [1.82, 2.24) is 9.78 Å². The van der Waals surface area contributed by atoms with Crippen LogP contribution in [-0.4, -0.2) is 39.0 Å². The lowest BCUT2D eigenvalue weighted by Crippen LogP contribution is -2.25. The molecule has 1 aromatic heterocycles. The Morgan fingerprint density at radius 1 is 1.67 bits per heavy atom. The van der Waals surface area contributed by atoms with Gasteiger partial charge in [-0.1, -0.05) is 0 Å². The van der Waals surface area contributed by atoms with Gasteiger partial charge >= 0.3 is 0 Å². The third kappa shape index (κ3) is 3.14. The number of hydrogen-bond donors (Lipinski definition) is 2. The van der Waals surface area contributed by atoms with Crippen LogP contribution in [0.1, 0.15) is 12.8 Å². The number of thioether (sulfide) groups is 1. The van der Waals surface area contributed by atoms with Gasteiger partial charge in [0.1, 0.15) is 0 Å². The van der Waals surface area contributed by atoms with E-state index in [1.807, 2.05) is 24.2 Å². The second kappa shape index (κ2) is 5.42. The lowest BCUT2D eigenvalue weighted by atomic mass is 10.2. The van der Waals surface area contributed by atoms with Crippen LogP contribution < -0.4 is 5.32 Å². The van der Waals surface area contributed by atoms with Gasteiger partial charge in [0.05, 0.1) is 25.0 Å². The molecule has 2 heterocycles. The van der Waals surface area contributed by atoms with Crippen molar-refractivity contribution in [3.05, 3.63) is 12.4 Å². The minimum atomic E-state index is 0.139. The van der Waals surface area contributed by atoms with Crippen LogP contribution in [0, 0.1) is 0 Å². The van der Waals surface area contributed by atoms with E-state index in [-0.39, 0.29) is 6.61 Å². The Labute approximate surface area is 94.1 Å². The van der Waals surface area contributed by atoms with Gasteiger partial charge in [-0.05, 0) is 18.6 Å². The van der Waals surface area contributed by atoms with E-state index in [4.69, 9.17) is 5.11 Å². The summed E-state index contributed by atoms with van der Waals surface area (Å²) in [7, 11) is 0. The van der Waals surface area contributed by atoms with E-state index >= 15 is 0 Å². The highest BCUT2D eigenvalue weighted by molar-refractivity contribution is 7.99. The summed E-state index contributed by atoms with van der Waals surface area (Å²) in [4.78, 5) is 0. The predicted molar refractivity (Wildman–Crippen MR) is 63.3 cm³/mol. The second-order valence-electron chi connectivity index (χ2n) is 3.77. The normalized spacial score (nSPS) is 21.5. The number of nitrogens with one attached hydrogen (secondary N) is 1. The largest absolute Gasteiger partial charge is 0.394 e. The molecule has 1 aromatic rings. The molecule has 1 unspecified atom stereocenters. The van der Waals surface area contributed by atoms with Crippen molar-refractivity contribution < 1.29 is 5.11 Å². The molecule has 4 nitrogen and oxygen atoms in total. The molecule has 0 bridgehead atoms. The summed E-state index contributed by atoms with van der Waals surface area (Å²) in [6, 6.07) is 0.579. The van der Waals surface area contributed by atoms with Crippen molar-refractivity contribution in [3.63, 3.8) is 0 Å². The summed E-state index contributed by atoms with van der Waals surface area (Å²) in [6.45, 7) is 0.710. The molecule has 0 aromatic carbocycles. The van der Waals surface area contributed by atoms with Crippen molar-refractivity contribution in [1.29, 1.82) is 0 Å². The minimum absolute atomic E-state index is 0.139. The van der Waals surface area contributed by atoms with Gasteiger partial charge in [-0.2, -0.15) is 16.9 Å². The average molecular weight is 227 g/mol. The summed E-state index contributed by atoms with van der Waals surface area (Å²) in [5, 5.41) is 16.4. The van der Waals surface area contributed by atoms with E-state index in [0.717, 1.165) is 5.69 Å². The summed E-state index contributed by atoms with van der Waals surface area (Å²) >= 11 is 2.01. The van der Waals surface area contributed by atoms with E-state index in [0.29, 0.717) is 12.6 Å². The molecule has 0 saturated carbocycles. The highest BCUT2D eigenvalue weighted by atomic mass is 32.2. The Bertz CT molecular complexity index is 297. The maximum atomic E-state index is 8.77. The lowest BCUT2D eigenvalue weighted by Gasteiger charge is -2.22. The molecule has 1 atom stereocenters. The third-order valence-electron chi connectivity index (χ3n) is 2.49. The number of rotatable bonds is 4. The number of aromatic nitrogens is 2. The third-order valence-corrected chi connectivity index (χ3v) is 3.71. The Morgan fingerprint density at radius 3 is 3.33 bits per heavy atom. The van der Waals surface area contributed by atoms with Crippen LogP contribution in [-0.2, 0) is 6.54 Å². The molecular formula is C10H17N3OS. The van der Waals surface area contributed by atoms with Crippen LogP contribution in [0.25, 0.3) is 0 Å². The topological polar surface area (TPSA) is 50.1 Å². The molecule has 2 rings (SSSR count). The van der Waals surface area contributed by atoms with E-state index < -0.39 is 0 Å². The Kier molecular flexibility index (Phi) is 3.91. The van der Waals surface area contributed by atoms with Gasteiger partial charge in [-0.3, -0.25) is 4.68 Å². The molecular weight excluding hydrogens is 210 g/mol. The molecule has 2 N–H and O–H groups in total. The molecule has 1 fully saturated rings. The fourth-order valence-corrected chi connectivity index (χ4v) is 2.83. The summed E-state index contributed by atoms with van der Waals surface area (Å²) in [5.41, 5.74) is 1.07. The van der Waals surface area contributed by atoms with E-state index in [1.165, 1.54) is 24.3 Å².